The first-order valence-electron chi connectivity index (χ1n) is 6.42. The van der Waals surface area contributed by atoms with Crippen LogP contribution >= 0.6 is 11.6 Å². The highest BCUT2D eigenvalue weighted by Crippen LogP contribution is 2.32. The van der Waals surface area contributed by atoms with Crippen LogP contribution in [0.5, 0.6) is 0 Å². The molecule has 4 nitrogen and oxygen atoms in total. The molecule has 0 aliphatic rings. The number of halogens is 2. The highest BCUT2D eigenvalue weighted by atomic mass is 35.5. The number of aromatic nitrogens is 1. The normalized spacial score (nSPS) is 11.3. The van der Waals surface area contributed by atoms with E-state index in [9.17, 15) is 12.8 Å². The molecule has 0 aliphatic heterocycles. The maximum absolute atomic E-state index is 13.0. The third kappa shape index (κ3) is 2.65. The second-order valence-electron chi connectivity index (χ2n) is 4.74. The average Bonchev–Trinajstić information content (AvgIpc) is 2.55. The van der Waals surface area contributed by atoms with Crippen LogP contribution < -0.4 is 0 Å². The second kappa shape index (κ2) is 5.61. The van der Waals surface area contributed by atoms with Gasteiger partial charge in [0.2, 0.25) is 9.84 Å². The van der Waals surface area contributed by atoms with Gasteiger partial charge in [-0.15, -0.1) is 0 Å². The first-order chi connectivity index (χ1) is 10.9. The van der Waals surface area contributed by atoms with Gasteiger partial charge in [0.25, 0.3) is 0 Å². The number of fused-ring (bicyclic) bond motifs is 1. The van der Waals surface area contributed by atoms with Crippen molar-refractivity contribution in [3.05, 3.63) is 65.1 Å². The highest BCUT2D eigenvalue weighted by Gasteiger charge is 2.23. The van der Waals surface area contributed by atoms with E-state index in [2.05, 4.69) is 4.98 Å². The maximum atomic E-state index is 13.0. The number of rotatable bonds is 2. The molecule has 0 saturated heterocycles. The molecule has 1 heterocycles. The number of benzene rings is 2. The molecule has 7 heteroatoms. The molecular weight excluding hydrogens is 339 g/mol. The summed E-state index contributed by atoms with van der Waals surface area (Å²) in [5.74, 6) is -0.537. The van der Waals surface area contributed by atoms with E-state index in [1.807, 2.05) is 6.07 Å². The Morgan fingerprint density at radius 2 is 1.83 bits per heavy atom. The van der Waals surface area contributed by atoms with E-state index in [0.717, 1.165) is 30.5 Å². The predicted molar refractivity (Wildman–Crippen MR) is 83.3 cm³/mol. The molecule has 23 heavy (non-hydrogen) atoms. The molecule has 0 radical (unpaired) electrons. The molecule has 0 unspecified atom stereocenters. The van der Waals surface area contributed by atoms with Crippen LogP contribution in [0.4, 0.5) is 4.39 Å². The van der Waals surface area contributed by atoms with Crippen LogP contribution in [0.3, 0.4) is 0 Å². The van der Waals surface area contributed by atoms with Gasteiger partial charge in [0.05, 0.1) is 27.1 Å². The minimum Gasteiger partial charge on any atom is -0.255 e. The van der Waals surface area contributed by atoms with Crippen LogP contribution in [-0.2, 0) is 9.84 Å². The van der Waals surface area contributed by atoms with Crippen molar-refractivity contribution in [3.63, 3.8) is 0 Å². The van der Waals surface area contributed by atoms with E-state index in [4.69, 9.17) is 16.9 Å². The summed E-state index contributed by atoms with van der Waals surface area (Å²) < 4.78 is 38.3. The van der Waals surface area contributed by atoms with Crippen molar-refractivity contribution >= 4 is 32.3 Å². The standard InChI is InChI=1S/C16H8ClFN2O2S/c17-16-13-7-10(8-19)1-6-14(13)20-9-15(16)23(21,22)12-4-2-11(18)3-5-12/h1-7,9H. The monoisotopic (exact) mass is 346 g/mol. The molecule has 3 rings (SSSR count). The van der Waals surface area contributed by atoms with E-state index < -0.39 is 15.7 Å². The van der Waals surface area contributed by atoms with Gasteiger partial charge >= 0.3 is 0 Å². The number of hydrogen-bond donors (Lipinski definition) is 0. The van der Waals surface area contributed by atoms with Gasteiger partial charge in [0.15, 0.2) is 0 Å². The molecular formula is C16H8ClFN2O2S. The second-order valence-corrected chi connectivity index (χ2v) is 7.03. The summed E-state index contributed by atoms with van der Waals surface area (Å²) in [7, 11) is -3.94. The van der Waals surface area contributed by atoms with Crippen molar-refractivity contribution in [2.24, 2.45) is 0 Å². The van der Waals surface area contributed by atoms with E-state index in [0.29, 0.717) is 16.5 Å². The summed E-state index contributed by atoms with van der Waals surface area (Å²) in [5.41, 5.74) is 0.824. The van der Waals surface area contributed by atoms with Crippen LogP contribution in [0.1, 0.15) is 5.56 Å². The number of nitriles is 1. The zero-order valence-electron chi connectivity index (χ0n) is 11.5. The molecule has 0 saturated carbocycles. The van der Waals surface area contributed by atoms with Gasteiger partial charge in [-0.2, -0.15) is 5.26 Å². The Morgan fingerprint density at radius 1 is 1.13 bits per heavy atom. The third-order valence-electron chi connectivity index (χ3n) is 3.31. The zero-order chi connectivity index (χ0) is 16.6. The van der Waals surface area contributed by atoms with Crippen molar-refractivity contribution in [2.45, 2.75) is 9.79 Å². The van der Waals surface area contributed by atoms with Crippen LogP contribution in [0.25, 0.3) is 10.9 Å². The van der Waals surface area contributed by atoms with Gasteiger partial charge < -0.3 is 0 Å². The number of pyridine rings is 1. The minimum absolute atomic E-state index is 0.0172. The van der Waals surface area contributed by atoms with E-state index in [1.54, 1.807) is 12.1 Å². The first-order valence-corrected chi connectivity index (χ1v) is 8.28. The summed E-state index contributed by atoms with van der Waals surface area (Å²) in [6.45, 7) is 0. The molecule has 0 atom stereocenters. The molecule has 0 N–H and O–H groups in total. The largest absolute Gasteiger partial charge is 0.255 e. The summed E-state index contributed by atoms with van der Waals surface area (Å²) in [4.78, 5) is 3.81. The summed E-state index contributed by atoms with van der Waals surface area (Å²) >= 11 is 6.23. The van der Waals surface area contributed by atoms with Crippen molar-refractivity contribution in [1.29, 1.82) is 5.26 Å². The molecule has 114 valence electrons. The van der Waals surface area contributed by atoms with Gasteiger partial charge in [-0.25, -0.2) is 12.8 Å². The fourth-order valence-corrected chi connectivity index (χ4v) is 3.93. The topological polar surface area (TPSA) is 70.8 Å². The minimum atomic E-state index is -3.94. The van der Waals surface area contributed by atoms with Gasteiger partial charge in [0, 0.05) is 11.6 Å². The van der Waals surface area contributed by atoms with Gasteiger partial charge in [-0.1, -0.05) is 11.6 Å². The smallest absolute Gasteiger partial charge is 0.209 e. The Hall–Kier alpha value is -2.49. The Labute approximate surface area is 136 Å². The Balaban J connectivity index is 2.25. The lowest BCUT2D eigenvalue weighted by Gasteiger charge is -2.09. The van der Waals surface area contributed by atoms with Crippen molar-refractivity contribution in [3.8, 4) is 6.07 Å². The fraction of sp³-hybridized carbons (Fsp3) is 0. The van der Waals surface area contributed by atoms with Gasteiger partial charge in [-0.3, -0.25) is 4.98 Å². The lowest BCUT2D eigenvalue weighted by molar-refractivity contribution is 0.594. The summed E-state index contributed by atoms with van der Waals surface area (Å²) in [6, 6.07) is 11.1. The fourth-order valence-electron chi connectivity index (χ4n) is 2.14. The predicted octanol–water partition coefficient (Wildman–Crippen LogP) is 3.73. The molecule has 3 aromatic rings. The molecule has 2 aromatic carbocycles. The molecule has 0 spiro atoms. The van der Waals surface area contributed by atoms with E-state index >= 15 is 0 Å². The molecule has 0 bridgehead atoms. The third-order valence-corrected chi connectivity index (χ3v) is 5.61. The summed E-state index contributed by atoms with van der Waals surface area (Å²) in [5, 5.41) is 9.31. The quantitative estimate of drug-likeness (QED) is 0.663. The van der Waals surface area contributed by atoms with Crippen molar-refractivity contribution in [1.82, 2.24) is 4.98 Å². The Kier molecular flexibility index (Phi) is 3.76. The van der Waals surface area contributed by atoms with Gasteiger partial charge in [-0.05, 0) is 42.5 Å². The first kappa shape index (κ1) is 15.4. The van der Waals surface area contributed by atoms with E-state index in [1.165, 1.54) is 6.07 Å². The van der Waals surface area contributed by atoms with Gasteiger partial charge in [0.1, 0.15) is 10.7 Å². The van der Waals surface area contributed by atoms with E-state index in [-0.39, 0.29) is 14.8 Å². The maximum Gasteiger partial charge on any atom is 0.209 e. The zero-order valence-corrected chi connectivity index (χ0v) is 13.1. The lowest BCUT2D eigenvalue weighted by Crippen LogP contribution is -2.04. The molecule has 0 fully saturated rings. The van der Waals surface area contributed by atoms with Crippen molar-refractivity contribution in [2.75, 3.05) is 0 Å². The van der Waals surface area contributed by atoms with Crippen molar-refractivity contribution < 1.29 is 12.8 Å². The molecule has 1 aromatic heterocycles. The lowest BCUT2D eigenvalue weighted by atomic mass is 10.1. The number of sulfone groups is 1. The molecule has 0 amide bonds. The number of nitrogens with zero attached hydrogens (tertiary/aromatic N) is 2. The Bertz CT molecular complexity index is 1060. The molecule has 0 aliphatic carbocycles. The summed E-state index contributed by atoms with van der Waals surface area (Å²) in [6.07, 6.45) is 1.16. The van der Waals surface area contributed by atoms with Crippen LogP contribution in [0.15, 0.2) is 58.5 Å². The average molecular weight is 347 g/mol. The number of hydrogen-bond acceptors (Lipinski definition) is 4. The highest BCUT2D eigenvalue weighted by molar-refractivity contribution is 7.91. The van der Waals surface area contributed by atoms with Crippen LogP contribution in [0, 0.1) is 17.1 Å². The van der Waals surface area contributed by atoms with Crippen LogP contribution in [0.2, 0.25) is 5.02 Å². The Morgan fingerprint density at radius 3 is 2.48 bits per heavy atom. The van der Waals surface area contributed by atoms with Crippen LogP contribution in [-0.4, -0.2) is 13.4 Å². The SMILES string of the molecule is N#Cc1ccc2ncc(S(=O)(=O)c3ccc(F)cc3)c(Cl)c2c1.